The van der Waals surface area contributed by atoms with E-state index in [1.807, 2.05) is 0 Å². The Labute approximate surface area is 43.6 Å². The molecule has 0 fully saturated rings. The number of hydrogen-bond acceptors (Lipinski definition) is 1. The molecular formula is H2AlO3Si+3. The third-order valence-corrected chi connectivity index (χ3v) is 0. The van der Waals surface area contributed by atoms with Gasteiger partial charge in [0.2, 0.25) is 0 Å². The van der Waals surface area contributed by atoms with Crippen molar-refractivity contribution in [2.24, 2.45) is 0 Å². The van der Waals surface area contributed by atoms with Gasteiger partial charge in [0, 0.05) is 0 Å². The Morgan fingerprint density at radius 1 is 1.20 bits per heavy atom. The molecule has 3 nitrogen and oxygen atoms in total. The fourth-order valence-electron chi connectivity index (χ4n) is 0. The third-order valence-electron chi connectivity index (χ3n) is 0. The fourth-order valence-corrected chi connectivity index (χ4v) is 0. The molecule has 0 aromatic carbocycles. The quantitative estimate of drug-likeness (QED) is 0.334. The minimum atomic E-state index is 0. The largest absolute Gasteiger partial charge is 3.00 e. The molecule has 0 aliphatic carbocycles. The summed E-state index contributed by atoms with van der Waals surface area (Å²) in [5.74, 6) is 0. The summed E-state index contributed by atoms with van der Waals surface area (Å²) in [5.41, 5.74) is 0. The molecule has 0 spiro atoms. The van der Waals surface area contributed by atoms with Crippen LogP contribution in [-0.4, -0.2) is 33.0 Å². The molecule has 24 valence electrons. The van der Waals surface area contributed by atoms with E-state index in [1.54, 1.807) is 10.1 Å². The minimum Gasteiger partial charge on any atom is -2.00 e. The molecule has 0 aromatic rings. The van der Waals surface area contributed by atoms with Crippen LogP contribution in [0.3, 0.4) is 0 Å². The Morgan fingerprint density at radius 2 is 1.20 bits per heavy atom. The Bertz CT molecular complexity index is 6.85. The van der Waals surface area contributed by atoms with Crippen molar-refractivity contribution in [3.05, 3.63) is 0 Å². The normalized spacial score (nSPS) is 1.20. The van der Waals surface area contributed by atoms with Gasteiger partial charge in [-0.25, -0.2) is 0 Å². The maximum atomic E-state index is 8.06. The van der Waals surface area contributed by atoms with Crippen LogP contribution in [0.2, 0.25) is 0 Å². The van der Waals surface area contributed by atoms with Gasteiger partial charge in [0.15, 0.2) is 0 Å². The van der Waals surface area contributed by atoms with Gasteiger partial charge in [-0.15, -0.1) is 0 Å². The average molecular weight is 105 g/mol. The van der Waals surface area contributed by atoms with Crippen LogP contribution in [0.5, 0.6) is 0 Å². The van der Waals surface area contributed by atoms with E-state index in [0.29, 0.717) is 0 Å². The van der Waals surface area contributed by atoms with E-state index in [-0.39, 0.29) is 28.3 Å². The van der Waals surface area contributed by atoms with Crippen LogP contribution in [0.15, 0.2) is 0 Å². The van der Waals surface area contributed by atoms with Crippen LogP contribution < -0.4 is 0 Å². The second kappa shape index (κ2) is 244. The monoisotopic (exact) mass is 105 g/mol. The molecule has 0 unspecified atom stereocenters. The van der Waals surface area contributed by atoms with Gasteiger partial charge in [-0.1, -0.05) is 0 Å². The van der Waals surface area contributed by atoms with E-state index in [2.05, 4.69) is 0 Å². The molecule has 0 atom stereocenters. The zero-order chi connectivity index (χ0) is 2.00. The van der Waals surface area contributed by atoms with Gasteiger partial charge in [-0.2, -0.15) is 0 Å². The van der Waals surface area contributed by atoms with Crippen molar-refractivity contribution in [2.45, 2.75) is 0 Å². The average Bonchev–Trinajstić information content (AvgIpc) is 1.00. The zero-order valence-electron chi connectivity index (χ0n) is 2.39. The van der Waals surface area contributed by atoms with Crippen molar-refractivity contribution >= 4 is 27.5 Å². The van der Waals surface area contributed by atoms with Crippen LogP contribution in [0, 0.1) is 0 Å². The summed E-state index contributed by atoms with van der Waals surface area (Å²) in [6, 6.07) is 0. The van der Waals surface area contributed by atoms with Crippen LogP contribution in [0.4, 0.5) is 0 Å². The summed E-state index contributed by atoms with van der Waals surface area (Å²) in [7, 11) is 1.72. The predicted molar refractivity (Wildman–Crippen MR) is 16.5 cm³/mol. The van der Waals surface area contributed by atoms with Gasteiger partial charge in [0.05, 0.1) is 0 Å². The van der Waals surface area contributed by atoms with Gasteiger partial charge in [-0.3, -0.25) is 0 Å². The first-order chi connectivity index (χ1) is 1.00. The predicted octanol–water partition coefficient (Wildman–Crippen LogP) is -1.82. The molecule has 0 radical (unpaired) electrons. The van der Waals surface area contributed by atoms with Gasteiger partial charge in [0.25, 0.3) is 0 Å². The summed E-state index contributed by atoms with van der Waals surface area (Å²) in [6.45, 7) is 0. The molecule has 0 rings (SSSR count). The summed E-state index contributed by atoms with van der Waals surface area (Å²) in [5, 5.41) is 0. The van der Waals surface area contributed by atoms with Crippen molar-refractivity contribution < 1.29 is 15.4 Å². The Morgan fingerprint density at radius 3 is 1.20 bits per heavy atom. The topological polar surface area (TPSA) is 77.1 Å². The third kappa shape index (κ3) is 124. The molecule has 5 heteroatoms. The van der Waals surface area contributed by atoms with Crippen LogP contribution in [0.25, 0.3) is 0 Å². The smallest absolute Gasteiger partial charge is 2.00 e. The van der Waals surface area contributed by atoms with Gasteiger partial charge in [0.1, 0.15) is 0 Å². The molecule has 2 N–H and O–H groups in total. The second-order valence-corrected chi connectivity index (χ2v) is 0. The van der Waals surface area contributed by atoms with Crippen molar-refractivity contribution in [1.82, 2.24) is 0 Å². The molecule has 0 bridgehead atoms. The minimum absolute atomic E-state index is 0. The number of rotatable bonds is 0. The van der Waals surface area contributed by atoms with E-state index in [4.69, 9.17) is 4.46 Å². The summed E-state index contributed by atoms with van der Waals surface area (Å²) in [4.78, 5) is 0. The van der Waals surface area contributed by atoms with E-state index in [1.165, 1.54) is 0 Å². The van der Waals surface area contributed by atoms with E-state index in [9.17, 15) is 0 Å². The summed E-state index contributed by atoms with van der Waals surface area (Å²) >= 11 is 0. The number of hydrogen-bond donors (Lipinski definition) is 0. The van der Waals surface area contributed by atoms with E-state index in [0.717, 1.165) is 0 Å². The fraction of sp³-hybridized carbons (Fsp3) is 0. The zero-order valence-corrected chi connectivity index (χ0v) is 4.55. The molecule has 0 heterocycles. The second-order valence-electron chi connectivity index (χ2n) is 0. The molecule has 5 heavy (non-hydrogen) atoms. The molecule has 0 aliphatic rings. The van der Waals surface area contributed by atoms with Gasteiger partial charge in [-0.05, 0) is 0 Å². The van der Waals surface area contributed by atoms with E-state index < -0.39 is 0 Å². The van der Waals surface area contributed by atoms with Crippen molar-refractivity contribution in [3.63, 3.8) is 0 Å². The first kappa shape index (κ1) is 50.6. The Balaban J connectivity index is -0.00000000167. The maximum absolute atomic E-state index is 8.06. The van der Waals surface area contributed by atoms with Crippen LogP contribution >= 0.6 is 0 Å². The van der Waals surface area contributed by atoms with E-state index >= 15 is 0 Å². The summed E-state index contributed by atoms with van der Waals surface area (Å²) in [6.07, 6.45) is 0. The molecule has 0 aromatic heterocycles. The van der Waals surface area contributed by atoms with Crippen LogP contribution in [0.1, 0.15) is 0 Å². The maximum Gasteiger partial charge on any atom is 3.00 e. The summed E-state index contributed by atoms with van der Waals surface area (Å²) < 4.78 is 8.06. The molecule has 0 saturated carbocycles. The van der Waals surface area contributed by atoms with Gasteiger partial charge >= 0.3 is 32.0 Å². The molecule has 0 aliphatic heterocycles. The first-order valence-electron chi connectivity index (χ1n) is 0.204. The van der Waals surface area contributed by atoms with Crippen LogP contribution in [-0.2, 0) is 9.94 Å². The van der Waals surface area contributed by atoms with Crippen molar-refractivity contribution in [2.75, 3.05) is 0 Å². The Kier molecular flexibility index (Phi) is 2470. The van der Waals surface area contributed by atoms with Crippen molar-refractivity contribution in [1.29, 1.82) is 0 Å². The molecule has 0 saturated heterocycles. The Hall–Kier alpha value is 0.469. The first-order valence-corrected chi connectivity index (χ1v) is 0.612. The van der Waals surface area contributed by atoms with Crippen molar-refractivity contribution in [3.8, 4) is 0 Å². The van der Waals surface area contributed by atoms with Gasteiger partial charge < -0.3 is 11.0 Å². The SMILES string of the molecule is O.O=[Si+2].[Al+3].[O-2]. The molecule has 0 amide bonds. The molecular weight excluding hydrogens is 103 g/mol. The standard InChI is InChI=1S/Al.OSi.H2O.O/c;1-2;;/h;;1H2;/q+3;+2;;-2.